The quantitative estimate of drug-likeness (QED) is 0.685. The normalized spacial score (nSPS) is 14.8. The molecule has 0 unspecified atom stereocenters. The first-order valence-corrected chi connectivity index (χ1v) is 7.49. The molecular weight excluding hydrogens is 290 g/mol. The van der Waals surface area contributed by atoms with E-state index in [4.69, 9.17) is 10.00 Å². The van der Waals surface area contributed by atoms with Crippen molar-refractivity contribution < 1.29 is 17.9 Å². The number of methoxy groups -OCH3 is 1. The Morgan fingerprint density at radius 2 is 1.81 bits per heavy atom. The number of nitrogens with zero attached hydrogens (tertiary/aromatic N) is 1. The second kappa shape index (κ2) is 4.43. The Labute approximate surface area is 121 Å². The summed E-state index contributed by atoms with van der Waals surface area (Å²) in [5, 5.41) is 8.89. The minimum absolute atomic E-state index is 0.0594. The Morgan fingerprint density at radius 1 is 1.05 bits per heavy atom. The minimum atomic E-state index is -3.82. The van der Waals surface area contributed by atoms with Gasteiger partial charge in [0.15, 0.2) is 5.78 Å². The van der Waals surface area contributed by atoms with Crippen LogP contribution in [-0.4, -0.2) is 21.3 Å². The Kier molecular flexibility index (Phi) is 2.81. The zero-order chi connectivity index (χ0) is 15.2. The lowest BCUT2D eigenvalue weighted by atomic mass is 10.0. The summed E-state index contributed by atoms with van der Waals surface area (Å²) in [6, 6.07) is 10.2. The van der Waals surface area contributed by atoms with E-state index in [1.54, 1.807) is 0 Å². The van der Waals surface area contributed by atoms with Crippen LogP contribution in [-0.2, 0) is 9.84 Å². The number of ether oxygens (including phenoxy) is 1. The van der Waals surface area contributed by atoms with Crippen molar-refractivity contribution in [3.05, 3.63) is 53.1 Å². The molecule has 21 heavy (non-hydrogen) atoms. The maximum absolute atomic E-state index is 12.6. The maximum atomic E-state index is 12.6. The Balaban J connectivity index is 2.36. The van der Waals surface area contributed by atoms with Crippen LogP contribution in [0, 0.1) is 11.3 Å². The van der Waals surface area contributed by atoms with Gasteiger partial charge in [-0.1, -0.05) is 0 Å². The number of hydrogen-bond donors (Lipinski definition) is 0. The van der Waals surface area contributed by atoms with Crippen LogP contribution in [0.5, 0.6) is 5.75 Å². The van der Waals surface area contributed by atoms with Crippen LogP contribution in [0.2, 0.25) is 0 Å². The molecule has 6 heteroatoms. The zero-order valence-corrected chi connectivity index (χ0v) is 11.8. The SMILES string of the molecule is COc1ccc2c(c1)C(=O)c1ccc(C#N)cc1S2(=O)=O. The van der Waals surface area contributed by atoms with E-state index >= 15 is 0 Å². The number of sulfone groups is 1. The van der Waals surface area contributed by atoms with Gasteiger partial charge >= 0.3 is 0 Å². The van der Waals surface area contributed by atoms with Crippen molar-refractivity contribution in [3.8, 4) is 11.8 Å². The Bertz CT molecular complexity index is 923. The smallest absolute Gasteiger partial charge is 0.208 e. The number of ketones is 1. The van der Waals surface area contributed by atoms with Crippen molar-refractivity contribution in [2.75, 3.05) is 7.11 Å². The monoisotopic (exact) mass is 299 g/mol. The van der Waals surface area contributed by atoms with Crippen molar-refractivity contribution in [1.82, 2.24) is 0 Å². The topological polar surface area (TPSA) is 84.2 Å². The van der Waals surface area contributed by atoms with Gasteiger partial charge in [-0.15, -0.1) is 0 Å². The molecule has 104 valence electrons. The van der Waals surface area contributed by atoms with E-state index in [2.05, 4.69) is 0 Å². The van der Waals surface area contributed by atoms with Gasteiger partial charge < -0.3 is 4.74 Å². The molecule has 5 nitrogen and oxygen atoms in total. The van der Waals surface area contributed by atoms with Gasteiger partial charge in [0.1, 0.15) is 5.75 Å². The van der Waals surface area contributed by atoms with Crippen molar-refractivity contribution in [2.45, 2.75) is 9.79 Å². The molecule has 0 radical (unpaired) electrons. The largest absolute Gasteiger partial charge is 0.497 e. The number of rotatable bonds is 1. The minimum Gasteiger partial charge on any atom is -0.497 e. The fourth-order valence-electron chi connectivity index (χ4n) is 2.31. The molecule has 0 N–H and O–H groups in total. The van der Waals surface area contributed by atoms with Crippen LogP contribution in [0.15, 0.2) is 46.2 Å². The molecule has 0 aliphatic carbocycles. The highest BCUT2D eigenvalue weighted by Gasteiger charge is 2.35. The predicted octanol–water partition coefficient (Wildman–Crippen LogP) is 1.94. The van der Waals surface area contributed by atoms with Gasteiger partial charge in [-0.05, 0) is 36.4 Å². The molecule has 2 aromatic carbocycles. The highest BCUT2D eigenvalue weighted by molar-refractivity contribution is 7.91. The summed E-state index contributed by atoms with van der Waals surface area (Å²) in [4.78, 5) is 12.3. The van der Waals surface area contributed by atoms with Gasteiger partial charge in [-0.2, -0.15) is 5.26 Å². The Morgan fingerprint density at radius 3 is 2.48 bits per heavy atom. The third kappa shape index (κ3) is 1.82. The van der Waals surface area contributed by atoms with Crippen molar-refractivity contribution in [2.24, 2.45) is 0 Å². The molecule has 1 heterocycles. The molecule has 0 saturated heterocycles. The molecule has 0 bridgehead atoms. The van der Waals surface area contributed by atoms with E-state index in [-0.39, 0.29) is 26.5 Å². The highest BCUT2D eigenvalue weighted by atomic mass is 32.2. The molecule has 0 aromatic heterocycles. The molecular formula is C15H9NO4S. The van der Waals surface area contributed by atoms with E-state index in [0.717, 1.165) is 0 Å². The standard InChI is InChI=1S/C15H9NO4S/c1-20-10-3-5-13-12(7-10)15(17)11-4-2-9(8-16)6-14(11)21(13,18)19/h2-7H,1H3. The molecule has 0 spiro atoms. The summed E-state index contributed by atoms with van der Waals surface area (Å²) in [6.45, 7) is 0. The molecule has 0 amide bonds. The Hall–Kier alpha value is -2.65. The average molecular weight is 299 g/mol. The first kappa shape index (κ1) is 13.3. The number of hydrogen-bond acceptors (Lipinski definition) is 5. The summed E-state index contributed by atoms with van der Waals surface area (Å²) in [6.07, 6.45) is 0. The van der Waals surface area contributed by atoms with Crippen LogP contribution >= 0.6 is 0 Å². The van der Waals surface area contributed by atoms with Crippen LogP contribution in [0.4, 0.5) is 0 Å². The maximum Gasteiger partial charge on any atom is 0.208 e. The lowest BCUT2D eigenvalue weighted by Crippen LogP contribution is -2.20. The van der Waals surface area contributed by atoms with Crippen molar-refractivity contribution in [1.29, 1.82) is 5.26 Å². The molecule has 0 atom stereocenters. The summed E-state index contributed by atoms with van der Waals surface area (Å²) in [5.41, 5.74) is 0.364. The van der Waals surface area contributed by atoms with E-state index < -0.39 is 15.6 Å². The molecule has 2 aromatic rings. The van der Waals surface area contributed by atoms with Gasteiger partial charge in [0.2, 0.25) is 9.84 Å². The third-order valence-corrected chi connectivity index (χ3v) is 5.22. The highest BCUT2D eigenvalue weighted by Crippen LogP contribution is 2.36. The van der Waals surface area contributed by atoms with Gasteiger partial charge in [-0.3, -0.25) is 4.79 Å². The molecule has 0 fully saturated rings. The second-order valence-corrected chi connectivity index (χ2v) is 6.40. The average Bonchev–Trinajstić information content (AvgIpc) is 2.52. The summed E-state index contributed by atoms with van der Waals surface area (Å²) < 4.78 is 30.2. The summed E-state index contributed by atoms with van der Waals surface area (Å²) in [7, 11) is -2.38. The lowest BCUT2D eigenvalue weighted by molar-refractivity contribution is 0.103. The molecule has 3 rings (SSSR count). The number of benzene rings is 2. The van der Waals surface area contributed by atoms with Crippen molar-refractivity contribution in [3.63, 3.8) is 0 Å². The second-order valence-electron chi connectivity index (χ2n) is 4.52. The van der Waals surface area contributed by atoms with E-state index in [0.29, 0.717) is 5.75 Å². The van der Waals surface area contributed by atoms with Gasteiger partial charge in [0, 0.05) is 11.1 Å². The first-order valence-electron chi connectivity index (χ1n) is 6.01. The van der Waals surface area contributed by atoms with E-state index in [1.165, 1.54) is 43.5 Å². The van der Waals surface area contributed by atoms with E-state index in [1.807, 2.05) is 6.07 Å². The summed E-state index contributed by atoms with van der Waals surface area (Å²) in [5.74, 6) is 0.0209. The number of nitriles is 1. The molecule has 0 saturated carbocycles. The molecule has 1 aliphatic heterocycles. The number of carbonyl (C=O) groups is 1. The van der Waals surface area contributed by atoms with Gasteiger partial charge in [0.25, 0.3) is 0 Å². The van der Waals surface area contributed by atoms with E-state index in [9.17, 15) is 13.2 Å². The van der Waals surface area contributed by atoms with Crippen molar-refractivity contribution >= 4 is 15.6 Å². The van der Waals surface area contributed by atoms with Crippen LogP contribution in [0.1, 0.15) is 21.5 Å². The first-order chi connectivity index (χ1) is 9.98. The van der Waals surface area contributed by atoms with Gasteiger partial charge in [-0.25, -0.2) is 8.42 Å². The number of carbonyl (C=O) groups excluding carboxylic acids is 1. The third-order valence-electron chi connectivity index (χ3n) is 3.37. The summed E-state index contributed by atoms with van der Waals surface area (Å²) >= 11 is 0. The molecule has 1 aliphatic rings. The number of fused-ring (bicyclic) bond motifs is 2. The van der Waals surface area contributed by atoms with Gasteiger partial charge in [0.05, 0.1) is 28.5 Å². The van der Waals surface area contributed by atoms with Crippen LogP contribution in [0.3, 0.4) is 0 Å². The fourth-order valence-corrected chi connectivity index (χ4v) is 3.97. The fraction of sp³-hybridized carbons (Fsp3) is 0.0667. The lowest BCUT2D eigenvalue weighted by Gasteiger charge is -2.19. The predicted molar refractivity (Wildman–Crippen MR) is 73.0 cm³/mol. The van der Waals surface area contributed by atoms with Crippen LogP contribution in [0.25, 0.3) is 0 Å². The zero-order valence-electron chi connectivity index (χ0n) is 11.0. The van der Waals surface area contributed by atoms with Crippen LogP contribution < -0.4 is 4.74 Å².